The fourth-order valence-electron chi connectivity index (χ4n) is 1.18. The lowest BCUT2D eigenvalue weighted by Crippen LogP contribution is -2.16. The van der Waals surface area contributed by atoms with Gasteiger partial charge in [0.1, 0.15) is 11.5 Å². The molecule has 10 heavy (non-hydrogen) atoms. The first-order valence-corrected chi connectivity index (χ1v) is 3.95. The van der Waals surface area contributed by atoms with E-state index in [1.165, 1.54) is 0 Å². The van der Waals surface area contributed by atoms with Crippen LogP contribution in [0, 0.1) is 5.92 Å². The van der Waals surface area contributed by atoms with Crippen LogP contribution in [0.5, 0.6) is 0 Å². The smallest absolute Gasteiger partial charge is 0.324 e. The van der Waals surface area contributed by atoms with Gasteiger partial charge in [0.05, 0.1) is 0 Å². The molecule has 1 saturated heterocycles. The summed E-state index contributed by atoms with van der Waals surface area (Å²) in [6.45, 7) is 3.93. The van der Waals surface area contributed by atoms with Crippen molar-refractivity contribution in [1.82, 2.24) is 0 Å². The van der Waals surface area contributed by atoms with Gasteiger partial charge in [-0.2, -0.15) is 0 Å². The highest BCUT2D eigenvalue weighted by Gasteiger charge is 2.39. The average molecular weight is 163 g/mol. The molecule has 0 aromatic carbocycles. The van der Waals surface area contributed by atoms with Gasteiger partial charge in [-0.3, -0.25) is 4.79 Å². The second-order valence-electron chi connectivity index (χ2n) is 2.64. The molecule has 1 unspecified atom stereocenters. The standard InChI is InChI=1S/C7H11ClO2/c1-3-5-4(2)6(8)7(9)10-5/h4-6H,3H2,1-2H3/t4-,5-,6?/m1/s1. The molecule has 1 aliphatic rings. The topological polar surface area (TPSA) is 26.3 Å². The van der Waals surface area contributed by atoms with Crippen LogP contribution < -0.4 is 0 Å². The summed E-state index contributed by atoms with van der Waals surface area (Å²) in [6.07, 6.45) is 0.894. The Hall–Kier alpha value is -0.240. The van der Waals surface area contributed by atoms with Crippen LogP contribution in [-0.4, -0.2) is 17.5 Å². The maximum atomic E-state index is 10.8. The number of halogens is 1. The Bertz CT molecular complexity index is 147. The number of alkyl halides is 1. The van der Waals surface area contributed by atoms with Crippen molar-refractivity contribution < 1.29 is 9.53 Å². The number of hydrogen-bond donors (Lipinski definition) is 0. The van der Waals surface area contributed by atoms with Crippen LogP contribution in [-0.2, 0) is 9.53 Å². The highest BCUT2D eigenvalue weighted by Crippen LogP contribution is 2.28. The molecule has 0 N–H and O–H groups in total. The lowest BCUT2D eigenvalue weighted by molar-refractivity contribution is -0.141. The van der Waals surface area contributed by atoms with Gasteiger partial charge < -0.3 is 4.74 Å². The van der Waals surface area contributed by atoms with Crippen molar-refractivity contribution in [2.75, 3.05) is 0 Å². The summed E-state index contributed by atoms with van der Waals surface area (Å²) >= 11 is 5.71. The number of ether oxygens (including phenoxy) is 1. The zero-order chi connectivity index (χ0) is 7.72. The normalized spacial score (nSPS) is 39.9. The predicted molar refractivity (Wildman–Crippen MR) is 39.0 cm³/mol. The number of esters is 1. The predicted octanol–water partition coefficient (Wildman–Crippen LogP) is 1.57. The molecule has 1 rings (SSSR count). The summed E-state index contributed by atoms with van der Waals surface area (Å²) in [4.78, 5) is 10.8. The molecule has 0 radical (unpaired) electrons. The quantitative estimate of drug-likeness (QED) is 0.432. The molecular weight excluding hydrogens is 152 g/mol. The van der Waals surface area contributed by atoms with Gasteiger partial charge in [0.25, 0.3) is 0 Å². The minimum Gasteiger partial charge on any atom is -0.461 e. The van der Waals surface area contributed by atoms with Crippen molar-refractivity contribution in [2.45, 2.75) is 31.7 Å². The molecule has 0 saturated carbocycles. The van der Waals surface area contributed by atoms with E-state index in [1.54, 1.807) is 0 Å². The fourth-order valence-corrected chi connectivity index (χ4v) is 1.39. The second-order valence-corrected chi connectivity index (χ2v) is 3.11. The summed E-state index contributed by atoms with van der Waals surface area (Å²) in [5.41, 5.74) is 0. The van der Waals surface area contributed by atoms with E-state index in [-0.39, 0.29) is 18.0 Å². The third kappa shape index (κ3) is 1.12. The van der Waals surface area contributed by atoms with Crippen molar-refractivity contribution >= 4 is 17.6 Å². The zero-order valence-electron chi connectivity index (χ0n) is 6.13. The monoisotopic (exact) mass is 162 g/mol. The minimum absolute atomic E-state index is 0.0370. The van der Waals surface area contributed by atoms with Gasteiger partial charge in [-0.1, -0.05) is 13.8 Å². The van der Waals surface area contributed by atoms with E-state index < -0.39 is 5.38 Å². The van der Waals surface area contributed by atoms with E-state index in [2.05, 4.69) is 0 Å². The second kappa shape index (κ2) is 2.79. The van der Waals surface area contributed by atoms with Gasteiger partial charge in [0.2, 0.25) is 0 Å². The van der Waals surface area contributed by atoms with Crippen molar-refractivity contribution in [3.8, 4) is 0 Å². The SMILES string of the molecule is CC[C@H]1OC(=O)C(Cl)[C@@H]1C. The highest BCUT2D eigenvalue weighted by molar-refractivity contribution is 6.30. The molecule has 0 aliphatic carbocycles. The average Bonchev–Trinajstić information content (AvgIpc) is 2.17. The molecule has 0 bridgehead atoms. The van der Waals surface area contributed by atoms with Crippen molar-refractivity contribution in [3.05, 3.63) is 0 Å². The van der Waals surface area contributed by atoms with Crippen LogP contribution in [0.4, 0.5) is 0 Å². The van der Waals surface area contributed by atoms with Crippen LogP contribution in [0.3, 0.4) is 0 Å². The Balaban J connectivity index is 2.61. The number of hydrogen-bond acceptors (Lipinski definition) is 2. The largest absolute Gasteiger partial charge is 0.461 e. The van der Waals surface area contributed by atoms with Crippen molar-refractivity contribution in [1.29, 1.82) is 0 Å². The fraction of sp³-hybridized carbons (Fsp3) is 0.857. The van der Waals surface area contributed by atoms with Crippen LogP contribution in [0.15, 0.2) is 0 Å². The molecule has 0 amide bonds. The Morgan fingerprint density at radius 2 is 2.30 bits per heavy atom. The van der Waals surface area contributed by atoms with E-state index in [1.807, 2.05) is 13.8 Å². The van der Waals surface area contributed by atoms with E-state index in [9.17, 15) is 4.79 Å². The number of carbonyl (C=O) groups excluding carboxylic acids is 1. The minimum atomic E-state index is -0.426. The van der Waals surface area contributed by atoms with Gasteiger partial charge in [-0.15, -0.1) is 11.6 Å². The molecule has 58 valence electrons. The number of cyclic esters (lactones) is 1. The van der Waals surface area contributed by atoms with E-state index in [0.29, 0.717) is 0 Å². The Labute approximate surface area is 65.5 Å². The summed E-state index contributed by atoms with van der Waals surface area (Å²) < 4.78 is 4.96. The van der Waals surface area contributed by atoms with Gasteiger partial charge in [0.15, 0.2) is 0 Å². The van der Waals surface area contributed by atoms with E-state index in [4.69, 9.17) is 16.3 Å². The Kier molecular flexibility index (Phi) is 2.19. The lowest BCUT2D eigenvalue weighted by Gasteiger charge is -2.09. The van der Waals surface area contributed by atoms with Crippen molar-refractivity contribution in [3.63, 3.8) is 0 Å². The first kappa shape index (κ1) is 7.86. The molecule has 0 aromatic rings. The van der Waals surface area contributed by atoms with Gasteiger partial charge >= 0.3 is 5.97 Å². The van der Waals surface area contributed by atoms with Crippen LogP contribution in [0.1, 0.15) is 20.3 Å². The first-order valence-electron chi connectivity index (χ1n) is 3.51. The number of carbonyl (C=O) groups is 1. The molecule has 1 fully saturated rings. The highest BCUT2D eigenvalue weighted by atomic mass is 35.5. The lowest BCUT2D eigenvalue weighted by atomic mass is 10.0. The molecule has 0 spiro atoms. The van der Waals surface area contributed by atoms with Crippen LogP contribution in [0.2, 0.25) is 0 Å². The molecule has 3 heteroatoms. The van der Waals surface area contributed by atoms with Crippen molar-refractivity contribution in [2.24, 2.45) is 5.92 Å². The van der Waals surface area contributed by atoms with Gasteiger partial charge in [-0.05, 0) is 6.42 Å². The summed E-state index contributed by atoms with van der Waals surface area (Å²) in [6, 6.07) is 0. The zero-order valence-corrected chi connectivity index (χ0v) is 6.89. The summed E-state index contributed by atoms with van der Waals surface area (Å²) in [7, 11) is 0. The molecule has 1 aliphatic heterocycles. The van der Waals surface area contributed by atoms with Gasteiger partial charge in [0, 0.05) is 5.92 Å². The number of rotatable bonds is 1. The third-order valence-electron chi connectivity index (χ3n) is 1.94. The maximum Gasteiger partial charge on any atom is 0.324 e. The van der Waals surface area contributed by atoms with Gasteiger partial charge in [-0.25, -0.2) is 0 Å². The van der Waals surface area contributed by atoms with Crippen LogP contribution >= 0.6 is 11.6 Å². The molecule has 3 atom stereocenters. The third-order valence-corrected chi connectivity index (χ3v) is 2.52. The Morgan fingerprint density at radius 1 is 1.70 bits per heavy atom. The summed E-state index contributed by atoms with van der Waals surface area (Å²) in [5, 5.41) is -0.426. The molecule has 2 nitrogen and oxygen atoms in total. The maximum absolute atomic E-state index is 10.8. The van der Waals surface area contributed by atoms with E-state index >= 15 is 0 Å². The summed E-state index contributed by atoms with van der Waals surface area (Å²) in [5.74, 6) is -0.0971. The molecular formula is C7H11ClO2. The Morgan fingerprint density at radius 3 is 2.50 bits per heavy atom. The molecule has 0 aromatic heterocycles. The molecule has 1 heterocycles. The first-order chi connectivity index (χ1) is 4.66. The van der Waals surface area contributed by atoms with Crippen LogP contribution in [0.25, 0.3) is 0 Å². The van der Waals surface area contributed by atoms with E-state index in [0.717, 1.165) is 6.42 Å².